The molecule has 1 spiro atoms. The van der Waals surface area contributed by atoms with Crippen LogP contribution in [0.3, 0.4) is 0 Å². The summed E-state index contributed by atoms with van der Waals surface area (Å²) in [5, 5.41) is 34.2. The van der Waals surface area contributed by atoms with Gasteiger partial charge in [-0.2, -0.15) is 0 Å². The van der Waals surface area contributed by atoms with E-state index in [1.807, 2.05) is 19.1 Å². The average molecular weight is 875 g/mol. The summed E-state index contributed by atoms with van der Waals surface area (Å²) in [5.41, 5.74) is 0.188. The van der Waals surface area contributed by atoms with Crippen molar-refractivity contribution in [2.24, 2.45) is 23.7 Å². The van der Waals surface area contributed by atoms with Crippen molar-refractivity contribution in [2.75, 3.05) is 20.8 Å². The Balaban J connectivity index is 1.18. The molecule has 0 amide bonds. The summed E-state index contributed by atoms with van der Waals surface area (Å²) in [6.07, 6.45) is 6.53. The maximum atomic E-state index is 14.4. The quantitative estimate of drug-likeness (QED) is 0.204. The van der Waals surface area contributed by atoms with Gasteiger partial charge in [-0.05, 0) is 69.1 Å². The number of rotatable bonds is 8. The predicted molar refractivity (Wildman–Crippen MR) is 227 cm³/mol. The lowest BCUT2D eigenvalue weighted by Crippen LogP contribution is -2.58. The molecule has 14 nitrogen and oxygen atoms in total. The van der Waals surface area contributed by atoms with Crippen LogP contribution in [0.15, 0.2) is 47.1 Å². The number of hydrogen-bond donors (Lipinski definition) is 3. The molecule has 0 unspecified atom stereocenters. The number of carbonyl (C=O) groups is 1. The number of esters is 1. The number of aliphatic hydroxyl groups is 3. The van der Waals surface area contributed by atoms with E-state index in [0.29, 0.717) is 61.5 Å². The molecule has 2 bridgehead atoms. The van der Waals surface area contributed by atoms with Crippen LogP contribution in [0.1, 0.15) is 107 Å². The van der Waals surface area contributed by atoms with E-state index in [-0.39, 0.29) is 30.8 Å². The zero-order chi connectivity index (χ0) is 44.7. The first-order chi connectivity index (χ1) is 29.5. The maximum absolute atomic E-state index is 14.4. The first-order valence-electron chi connectivity index (χ1n) is 23.2. The van der Waals surface area contributed by atoms with E-state index < -0.39 is 90.8 Å². The van der Waals surface area contributed by atoms with Crippen LogP contribution in [0.4, 0.5) is 0 Å². The summed E-state index contributed by atoms with van der Waals surface area (Å²) in [5.74, 6) is -2.10. The summed E-state index contributed by atoms with van der Waals surface area (Å²) in [6, 6.07) is 0. The molecule has 0 saturated carbocycles. The molecular formula is C48H74O14. The van der Waals surface area contributed by atoms with Crippen LogP contribution in [0, 0.1) is 23.7 Å². The topological polar surface area (TPSA) is 170 Å². The Morgan fingerprint density at radius 1 is 0.919 bits per heavy atom. The third kappa shape index (κ3) is 9.73. The minimum atomic E-state index is -1.82. The van der Waals surface area contributed by atoms with E-state index in [4.69, 9.17) is 47.4 Å². The second-order valence-corrected chi connectivity index (χ2v) is 19.4. The fourth-order valence-electron chi connectivity index (χ4n) is 11.0. The molecule has 3 N–H and O–H groups in total. The molecule has 7 rings (SSSR count). The van der Waals surface area contributed by atoms with Crippen molar-refractivity contribution < 1.29 is 67.5 Å². The normalized spacial score (nSPS) is 49.4. The van der Waals surface area contributed by atoms with Gasteiger partial charge >= 0.3 is 5.97 Å². The summed E-state index contributed by atoms with van der Waals surface area (Å²) in [6.45, 7) is 16.3. The van der Waals surface area contributed by atoms with Gasteiger partial charge in [-0.1, -0.05) is 64.5 Å². The number of aliphatic hydroxyl groups excluding tert-OH is 2. The van der Waals surface area contributed by atoms with Crippen molar-refractivity contribution >= 4 is 5.97 Å². The van der Waals surface area contributed by atoms with Crippen LogP contribution in [0.25, 0.3) is 0 Å². The standard InChI is InChI=1S/C48H74O14/c1-11-25(2)43-28(5)17-18-47(62-43)23-34-20-33(61-47)16-15-27(4)42(26(3)13-12-14-32-24-55-45-40(49)29(6)19-35(46(51)58-34)48(32,45)52)59-39-22-37(54-10)44(31(8)57-39)60-38-21-36(53-9)41(50)30(7)56-38/h12-15,19,25-26,28,30-31,33-45,49-50,52H,11,16-18,20-24H2,1-10H3/b13-12+,27-15+,32-14+/t25-,26+,28-,30-,31-,33+,34+,35+,36-,37-,38+,39+,40+,41+,42+,43-,44+,45+,47+,48+/m0/s1. The van der Waals surface area contributed by atoms with Gasteiger partial charge in [-0.15, -0.1) is 0 Å². The molecule has 6 heterocycles. The molecule has 0 radical (unpaired) electrons. The number of hydrogen-bond acceptors (Lipinski definition) is 14. The molecule has 0 aromatic carbocycles. The molecular weight excluding hydrogens is 801 g/mol. The fourth-order valence-corrected chi connectivity index (χ4v) is 11.0. The van der Waals surface area contributed by atoms with Crippen LogP contribution in [0.2, 0.25) is 0 Å². The number of methoxy groups -OCH3 is 2. The first-order valence-corrected chi connectivity index (χ1v) is 23.2. The Morgan fingerprint density at radius 2 is 1.63 bits per heavy atom. The van der Waals surface area contributed by atoms with Gasteiger partial charge in [0.25, 0.3) is 0 Å². The Kier molecular flexibility index (Phi) is 15.3. The second kappa shape index (κ2) is 19.8. The van der Waals surface area contributed by atoms with E-state index in [9.17, 15) is 20.1 Å². The summed E-state index contributed by atoms with van der Waals surface area (Å²) in [7, 11) is 3.23. The van der Waals surface area contributed by atoms with Crippen LogP contribution < -0.4 is 0 Å². The molecule has 5 fully saturated rings. The van der Waals surface area contributed by atoms with Gasteiger partial charge in [0.1, 0.15) is 42.0 Å². The van der Waals surface area contributed by atoms with E-state index in [0.717, 1.165) is 18.4 Å². The number of fused-ring (bicyclic) bond motifs is 2. The highest BCUT2D eigenvalue weighted by molar-refractivity contribution is 5.78. The Labute approximate surface area is 368 Å². The average Bonchev–Trinajstić information content (AvgIpc) is 3.58. The number of allylic oxidation sites excluding steroid dienone is 2. The first kappa shape index (κ1) is 47.9. The third-order valence-electron chi connectivity index (χ3n) is 14.9. The lowest BCUT2D eigenvalue weighted by atomic mass is 9.71. The highest BCUT2D eigenvalue weighted by atomic mass is 16.7. The van der Waals surface area contributed by atoms with Crippen molar-refractivity contribution in [3.63, 3.8) is 0 Å². The molecule has 0 aromatic heterocycles. The van der Waals surface area contributed by atoms with E-state index in [1.54, 1.807) is 40.2 Å². The molecule has 14 heteroatoms. The predicted octanol–water partition coefficient (Wildman–Crippen LogP) is 5.60. The molecule has 20 atom stereocenters. The molecule has 0 aromatic rings. The Morgan fingerprint density at radius 3 is 2.35 bits per heavy atom. The smallest absolute Gasteiger partial charge is 0.316 e. The molecule has 5 saturated heterocycles. The minimum Gasteiger partial charge on any atom is -0.462 e. The largest absolute Gasteiger partial charge is 0.462 e. The van der Waals surface area contributed by atoms with Crippen LogP contribution in [-0.2, 0) is 52.2 Å². The zero-order valence-electron chi connectivity index (χ0n) is 38.5. The van der Waals surface area contributed by atoms with Gasteiger partial charge in [-0.3, -0.25) is 4.79 Å². The van der Waals surface area contributed by atoms with Crippen LogP contribution in [-0.4, -0.2) is 139 Å². The lowest BCUT2D eigenvalue weighted by molar-refractivity contribution is -0.340. The SMILES string of the molecule is CC[C@H](C)[C@@H]1O[C@]2(CC[C@@H]1C)C[C@H]1C[C@@H](C/C=C(\C)[C@H](O[C@@H]3C[C@H](OC)[C@H](O[C@@H]4C[C@H](OC)[C@H](O)[C@H](C)O4)[C@H](C)O3)[C@H](C)/C=C/C=C3\CO[C@@H]4[C@H](O)C(C)=C[C@H](C(=O)O1)[C@]34O)O2. The van der Waals surface area contributed by atoms with Gasteiger partial charge < -0.3 is 62.7 Å². The van der Waals surface area contributed by atoms with Crippen LogP contribution in [0.5, 0.6) is 0 Å². The third-order valence-corrected chi connectivity index (χ3v) is 14.9. The van der Waals surface area contributed by atoms with Crippen molar-refractivity contribution in [2.45, 2.75) is 204 Å². The van der Waals surface area contributed by atoms with Gasteiger partial charge in [0.15, 0.2) is 18.4 Å². The van der Waals surface area contributed by atoms with Gasteiger partial charge in [-0.25, -0.2) is 0 Å². The molecule has 7 aliphatic rings. The van der Waals surface area contributed by atoms with Crippen molar-refractivity contribution in [1.29, 1.82) is 0 Å². The summed E-state index contributed by atoms with van der Waals surface area (Å²) >= 11 is 0. The van der Waals surface area contributed by atoms with E-state index >= 15 is 0 Å². The highest BCUT2D eigenvalue weighted by Gasteiger charge is 2.60. The maximum Gasteiger partial charge on any atom is 0.316 e. The summed E-state index contributed by atoms with van der Waals surface area (Å²) < 4.78 is 63.9. The monoisotopic (exact) mass is 875 g/mol. The molecule has 62 heavy (non-hydrogen) atoms. The zero-order valence-corrected chi connectivity index (χ0v) is 38.5. The fraction of sp³-hybridized carbons (Fsp3) is 0.812. The number of ether oxygens (including phenoxy) is 10. The van der Waals surface area contributed by atoms with Gasteiger partial charge in [0, 0.05) is 52.2 Å². The highest BCUT2D eigenvalue weighted by Crippen LogP contribution is 2.48. The minimum absolute atomic E-state index is 0.00708. The Bertz CT molecular complexity index is 1680. The van der Waals surface area contributed by atoms with Crippen molar-refractivity contribution in [3.05, 3.63) is 47.1 Å². The van der Waals surface area contributed by atoms with E-state index in [1.165, 1.54) is 0 Å². The van der Waals surface area contributed by atoms with Crippen molar-refractivity contribution in [3.8, 4) is 0 Å². The number of carbonyl (C=O) groups excluding carboxylic acids is 1. The summed E-state index contributed by atoms with van der Waals surface area (Å²) in [4.78, 5) is 14.4. The lowest BCUT2D eigenvalue weighted by Gasteiger charge is -2.51. The van der Waals surface area contributed by atoms with Gasteiger partial charge in [0.05, 0.1) is 49.3 Å². The second-order valence-electron chi connectivity index (χ2n) is 19.4. The molecule has 1 aliphatic carbocycles. The van der Waals surface area contributed by atoms with Gasteiger partial charge in [0.2, 0.25) is 0 Å². The van der Waals surface area contributed by atoms with Crippen molar-refractivity contribution in [1.82, 2.24) is 0 Å². The Hall–Kier alpha value is -2.05. The van der Waals surface area contributed by atoms with Crippen LogP contribution >= 0.6 is 0 Å². The molecule has 6 aliphatic heterocycles. The molecule has 350 valence electrons. The van der Waals surface area contributed by atoms with E-state index in [2.05, 4.69) is 40.7 Å².